The van der Waals surface area contributed by atoms with Crippen molar-refractivity contribution >= 4 is 33.5 Å². The van der Waals surface area contributed by atoms with E-state index < -0.39 is 50.9 Å². The minimum absolute atomic E-state index is 0.0167. The molecule has 2 aliphatic rings. The van der Waals surface area contributed by atoms with Gasteiger partial charge in [-0.15, -0.1) is 0 Å². The van der Waals surface area contributed by atoms with Crippen molar-refractivity contribution in [2.24, 2.45) is 0 Å². The molecule has 1 saturated heterocycles. The summed E-state index contributed by atoms with van der Waals surface area (Å²) in [6.07, 6.45) is 0.0597. The first-order valence-electron chi connectivity index (χ1n) is 11.1. The second-order valence-electron chi connectivity index (χ2n) is 9.75. The molecule has 2 aromatic rings. The van der Waals surface area contributed by atoms with Gasteiger partial charge in [0.2, 0.25) is 11.8 Å². The van der Waals surface area contributed by atoms with Gasteiger partial charge in [0.05, 0.1) is 16.9 Å². The summed E-state index contributed by atoms with van der Waals surface area (Å²) in [4.78, 5) is 50.5. The van der Waals surface area contributed by atoms with Crippen LogP contribution in [-0.2, 0) is 25.2 Å². The molecule has 35 heavy (non-hydrogen) atoms. The van der Waals surface area contributed by atoms with Crippen LogP contribution in [0.5, 0.6) is 5.75 Å². The van der Waals surface area contributed by atoms with Crippen molar-refractivity contribution in [1.29, 1.82) is 0 Å². The summed E-state index contributed by atoms with van der Waals surface area (Å²) in [7, 11) is -3.87. The van der Waals surface area contributed by atoms with Crippen LogP contribution in [0.2, 0.25) is 0 Å². The molecule has 1 N–H and O–H groups in total. The van der Waals surface area contributed by atoms with Crippen LogP contribution in [0, 0.1) is 6.92 Å². The molecule has 0 bridgehead atoms. The van der Waals surface area contributed by atoms with E-state index in [0.717, 1.165) is 10.5 Å². The van der Waals surface area contributed by atoms with Gasteiger partial charge in [-0.2, -0.15) is 0 Å². The first kappa shape index (κ1) is 24.6. The van der Waals surface area contributed by atoms with Gasteiger partial charge in [0.25, 0.3) is 11.8 Å². The number of benzene rings is 2. The predicted octanol–water partition coefficient (Wildman–Crippen LogP) is 2.55. The van der Waals surface area contributed by atoms with Gasteiger partial charge in [-0.3, -0.25) is 29.4 Å². The highest BCUT2D eigenvalue weighted by atomic mass is 32.2. The lowest BCUT2D eigenvalue weighted by molar-refractivity contribution is -0.136. The highest BCUT2D eigenvalue weighted by Crippen LogP contribution is 2.33. The van der Waals surface area contributed by atoms with Gasteiger partial charge >= 0.3 is 0 Å². The lowest BCUT2D eigenvalue weighted by Gasteiger charge is -2.27. The normalized spacial score (nSPS) is 18.5. The quantitative estimate of drug-likeness (QED) is 0.628. The van der Waals surface area contributed by atoms with Crippen LogP contribution >= 0.6 is 0 Å². The fourth-order valence-electron chi connectivity index (χ4n) is 4.19. The Morgan fingerprint density at radius 3 is 2.34 bits per heavy atom. The molecule has 0 radical (unpaired) electrons. The van der Waals surface area contributed by atoms with Crippen molar-refractivity contribution in [2.75, 3.05) is 0 Å². The van der Waals surface area contributed by atoms with Crippen LogP contribution in [0.25, 0.3) is 0 Å². The first-order chi connectivity index (χ1) is 16.3. The van der Waals surface area contributed by atoms with E-state index in [1.54, 1.807) is 12.1 Å². The number of carbonyl (C=O) groups is 4. The minimum atomic E-state index is -3.87. The molecule has 2 aromatic carbocycles. The smallest absolute Gasteiger partial charge is 0.262 e. The maximum Gasteiger partial charge on any atom is 0.262 e. The first-order valence-corrected chi connectivity index (χ1v) is 12.8. The Hall–Kier alpha value is -3.53. The molecule has 4 amide bonds. The number of hydrogen-bond donors (Lipinski definition) is 1. The number of sulfone groups is 1. The molecule has 0 spiro atoms. The number of hydrogen-bond acceptors (Lipinski definition) is 7. The van der Waals surface area contributed by atoms with Crippen LogP contribution < -0.4 is 10.1 Å². The molecule has 0 aromatic heterocycles. The second kappa shape index (κ2) is 8.60. The van der Waals surface area contributed by atoms with Crippen LogP contribution in [0.3, 0.4) is 0 Å². The number of aryl methyl sites for hydroxylation is 1. The summed E-state index contributed by atoms with van der Waals surface area (Å²) in [6, 6.07) is 8.02. The number of rotatable bonds is 5. The molecule has 1 fully saturated rings. The third kappa shape index (κ3) is 4.84. The SMILES string of the molecule is Cc1ccc(S(=O)(=O)Cc2ccc3c(c2)C(=O)N(C2CCC(=O)NC2=O)C3=O)c(OC(C)(C)C)c1. The Labute approximate surface area is 203 Å². The van der Waals surface area contributed by atoms with E-state index in [-0.39, 0.29) is 34.6 Å². The monoisotopic (exact) mass is 498 g/mol. The fourth-order valence-corrected chi connectivity index (χ4v) is 5.64. The Morgan fingerprint density at radius 1 is 1.00 bits per heavy atom. The van der Waals surface area contributed by atoms with Crippen molar-refractivity contribution in [3.8, 4) is 5.75 Å². The lowest BCUT2D eigenvalue weighted by atomic mass is 10.0. The summed E-state index contributed by atoms with van der Waals surface area (Å²) in [5.74, 6) is -2.66. The Bertz CT molecular complexity index is 1370. The van der Waals surface area contributed by atoms with Crippen molar-refractivity contribution in [1.82, 2.24) is 10.2 Å². The van der Waals surface area contributed by atoms with Gasteiger partial charge in [-0.05, 0) is 69.5 Å². The van der Waals surface area contributed by atoms with Gasteiger partial charge in [-0.1, -0.05) is 12.1 Å². The number of piperidine rings is 1. The number of nitrogens with one attached hydrogen (secondary N) is 1. The van der Waals surface area contributed by atoms with Gasteiger partial charge < -0.3 is 4.74 Å². The zero-order chi connectivity index (χ0) is 25.7. The Morgan fingerprint density at radius 2 is 1.69 bits per heavy atom. The standard InChI is InChI=1S/C25H26N2O7S/c1-14-5-9-20(19(11-14)34-25(2,3)4)35(32,33)13-15-6-7-16-17(12-15)24(31)27(23(16)30)18-8-10-21(28)26-22(18)29/h5-7,9,11-12,18H,8,10,13H2,1-4H3,(H,26,28,29). The second-order valence-corrected chi connectivity index (χ2v) is 11.7. The van der Waals surface area contributed by atoms with Crippen LogP contribution in [0.15, 0.2) is 41.3 Å². The number of amides is 4. The van der Waals surface area contributed by atoms with E-state index >= 15 is 0 Å². The molecule has 2 aliphatic heterocycles. The molecule has 4 rings (SSSR count). The van der Waals surface area contributed by atoms with Crippen LogP contribution in [-0.4, -0.2) is 48.6 Å². The fraction of sp³-hybridized carbons (Fsp3) is 0.360. The zero-order valence-corrected chi connectivity index (χ0v) is 20.7. The summed E-state index contributed by atoms with van der Waals surface area (Å²) in [5, 5.41) is 2.14. The van der Waals surface area contributed by atoms with Gasteiger partial charge in [-0.25, -0.2) is 8.42 Å². The molecule has 0 saturated carbocycles. The van der Waals surface area contributed by atoms with E-state index in [4.69, 9.17) is 4.74 Å². The maximum absolute atomic E-state index is 13.3. The molecule has 2 heterocycles. The van der Waals surface area contributed by atoms with E-state index in [1.807, 2.05) is 27.7 Å². The van der Waals surface area contributed by atoms with Gasteiger partial charge in [0.15, 0.2) is 9.84 Å². The number of ether oxygens (including phenoxy) is 1. The lowest BCUT2D eigenvalue weighted by Crippen LogP contribution is -2.54. The van der Waals surface area contributed by atoms with Gasteiger partial charge in [0.1, 0.15) is 22.3 Å². The van der Waals surface area contributed by atoms with Crippen molar-refractivity contribution in [3.05, 3.63) is 58.7 Å². The average Bonchev–Trinajstić information content (AvgIpc) is 2.96. The summed E-state index contributed by atoms with van der Waals surface area (Å²) in [5.41, 5.74) is 0.670. The number of imide groups is 2. The molecule has 1 atom stereocenters. The van der Waals surface area contributed by atoms with Crippen molar-refractivity contribution < 1.29 is 32.3 Å². The van der Waals surface area contributed by atoms with E-state index in [0.29, 0.717) is 5.56 Å². The predicted molar refractivity (Wildman–Crippen MR) is 126 cm³/mol. The molecule has 0 aliphatic carbocycles. The van der Waals surface area contributed by atoms with E-state index in [9.17, 15) is 27.6 Å². The highest BCUT2D eigenvalue weighted by molar-refractivity contribution is 7.90. The highest BCUT2D eigenvalue weighted by Gasteiger charge is 2.44. The van der Waals surface area contributed by atoms with Gasteiger partial charge in [0, 0.05) is 6.42 Å². The number of fused-ring (bicyclic) bond motifs is 1. The Kier molecular flexibility index (Phi) is 6.04. The number of carbonyl (C=O) groups excluding carboxylic acids is 4. The van der Waals surface area contributed by atoms with Crippen LogP contribution in [0.4, 0.5) is 0 Å². The zero-order valence-electron chi connectivity index (χ0n) is 19.9. The molecule has 10 heteroatoms. The average molecular weight is 499 g/mol. The van der Waals surface area contributed by atoms with Crippen LogP contribution in [0.1, 0.15) is 65.5 Å². The Balaban J connectivity index is 1.63. The summed E-state index contributed by atoms with van der Waals surface area (Å²) >= 11 is 0. The van der Waals surface area contributed by atoms with Crippen molar-refractivity contribution in [2.45, 2.75) is 62.8 Å². The third-order valence-electron chi connectivity index (χ3n) is 5.71. The van der Waals surface area contributed by atoms with E-state index in [2.05, 4.69) is 5.32 Å². The summed E-state index contributed by atoms with van der Waals surface area (Å²) in [6.45, 7) is 7.30. The topological polar surface area (TPSA) is 127 Å². The molecular formula is C25H26N2O7S. The largest absolute Gasteiger partial charge is 0.487 e. The third-order valence-corrected chi connectivity index (χ3v) is 7.43. The minimum Gasteiger partial charge on any atom is -0.487 e. The van der Waals surface area contributed by atoms with E-state index in [1.165, 1.54) is 24.3 Å². The molecule has 184 valence electrons. The van der Waals surface area contributed by atoms with Crippen molar-refractivity contribution in [3.63, 3.8) is 0 Å². The maximum atomic E-state index is 13.3. The molecular weight excluding hydrogens is 472 g/mol. The summed E-state index contributed by atoms with van der Waals surface area (Å²) < 4.78 is 32.5. The molecule has 9 nitrogen and oxygen atoms in total. The number of nitrogens with zero attached hydrogens (tertiary/aromatic N) is 1. The molecule has 1 unspecified atom stereocenters.